The standard InChI is InChI=1S/C19H18O9/c1-24-11-6-8(5-9(20)18(11)26-3)17-16(23)14(21)13-10(28-17)7-12(25-2)19(27-4)15(13)22/h5-7,20,22-23H,1-4H3. The largest absolute Gasteiger partial charge is 0.504 e. The smallest absolute Gasteiger partial charge is 0.238 e. The second-order valence-electron chi connectivity index (χ2n) is 5.67. The lowest BCUT2D eigenvalue weighted by atomic mass is 10.1. The van der Waals surface area contributed by atoms with Crippen LogP contribution in [-0.4, -0.2) is 43.8 Å². The predicted octanol–water partition coefficient (Wildman–Crippen LogP) is 2.61. The van der Waals surface area contributed by atoms with E-state index >= 15 is 0 Å². The highest BCUT2D eigenvalue weighted by Crippen LogP contribution is 2.45. The molecule has 3 aromatic rings. The summed E-state index contributed by atoms with van der Waals surface area (Å²) in [4.78, 5) is 12.7. The molecule has 0 aliphatic heterocycles. The predicted molar refractivity (Wildman–Crippen MR) is 99.1 cm³/mol. The van der Waals surface area contributed by atoms with Crippen molar-refractivity contribution in [3.8, 4) is 51.6 Å². The number of aromatic hydroxyl groups is 3. The molecule has 0 radical (unpaired) electrons. The van der Waals surface area contributed by atoms with Crippen molar-refractivity contribution in [1.82, 2.24) is 0 Å². The fourth-order valence-electron chi connectivity index (χ4n) is 2.90. The molecule has 9 nitrogen and oxygen atoms in total. The van der Waals surface area contributed by atoms with Gasteiger partial charge >= 0.3 is 0 Å². The molecule has 0 bridgehead atoms. The van der Waals surface area contributed by atoms with Crippen molar-refractivity contribution in [3.05, 3.63) is 28.4 Å². The summed E-state index contributed by atoms with van der Waals surface area (Å²) < 4.78 is 26.1. The second-order valence-corrected chi connectivity index (χ2v) is 5.67. The van der Waals surface area contributed by atoms with E-state index in [0.717, 1.165) is 0 Å². The normalized spacial score (nSPS) is 10.7. The zero-order valence-electron chi connectivity index (χ0n) is 15.5. The van der Waals surface area contributed by atoms with Crippen LogP contribution in [-0.2, 0) is 0 Å². The Hall–Kier alpha value is -3.75. The highest BCUT2D eigenvalue weighted by molar-refractivity contribution is 5.91. The fourth-order valence-corrected chi connectivity index (χ4v) is 2.90. The number of benzene rings is 2. The Morgan fingerprint density at radius 1 is 0.786 bits per heavy atom. The van der Waals surface area contributed by atoms with Gasteiger partial charge in [0.15, 0.2) is 28.8 Å². The number of hydrogen-bond donors (Lipinski definition) is 3. The van der Waals surface area contributed by atoms with Gasteiger partial charge in [0.05, 0.1) is 28.4 Å². The van der Waals surface area contributed by atoms with Crippen molar-refractivity contribution in [2.45, 2.75) is 0 Å². The van der Waals surface area contributed by atoms with Crippen LogP contribution in [0.3, 0.4) is 0 Å². The maximum Gasteiger partial charge on any atom is 0.238 e. The Morgan fingerprint density at radius 2 is 1.39 bits per heavy atom. The number of ether oxygens (including phenoxy) is 4. The van der Waals surface area contributed by atoms with Gasteiger partial charge in [0.25, 0.3) is 0 Å². The minimum atomic E-state index is -0.885. The molecular weight excluding hydrogens is 372 g/mol. The van der Waals surface area contributed by atoms with E-state index in [-0.39, 0.29) is 51.0 Å². The molecule has 3 N–H and O–H groups in total. The molecule has 3 rings (SSSR count). The summed E-state index contributed by atoms with van der Waals surface area (Å²) in [6, 6.07) is 4.01. The first-order valence-electron chi connectivity index (χ1n) is 7.96. The molecule has 9 heteroatoms. The first-order chi connectivity index (χ1) is 13.4. The number of rotatable bonds is 5. The Kier molecular flexibility index (Phi) is 4.83. The van der Waals surface area contributed by atoms with Gasteiger partial charge in [-0.3, -0.25) is 4.79 Å². The number of methoxy groups -OCH3 is 4. The quantitative estimate of drug-likeness (QED) is 0.602. The monoisotopic (exact) mass is 390 g/mol. The summed E-state index contributed by atoms with van der Waals surface area (Å²) in [7, 11) is 5.38. The second kappa shape index (κ2) is 7.10. The molecule has 0 fully saturated rings. The third-order valence-electron chi connectivity index (χ3n) is 4.20. The number of phenols is 2. The van der Waals surface area contributed by atoms with Crippen molar-refractivity contribution in [1.29, 1.82) is 0 Å². The molecule has 0 spiro atoms. The fraction of sp³-hybridized carbons (Fsp3) is 0.211. The summed E-state index contributed by atoms with van der Waals surface area (Å²) >= 11 is 0. The van der Waals surface area contributed by atoms with Crippen LogP contribution >= 0.6 is 0 Å². The Bertz CT molecular complexity index is 1120. The number of phenolic OH excluding ortho intramolecular Hbond substituents is 2. The first kappa shape index (κ1) is 19.0. The van der Waals surface area contributed by atoms with Gasteiger partial charge in [0, 0.05) is 11.6 Å². The molecule has 1 aromatic heterocycles. The SMILES string of the molecule is COc1cc(-c2oc3cc(OC)c(OC)c(O)c3c(=O)c2O)cc(O)c1OC. The van der Waals surface area contributed by atoms with E-state index in [9.17, 15) is 20.1 Å². The summed E-state index contributed by atoms with van der Waals surface area (Å²) in [6.45, 7) is 0. The molecule has 0 aliphatic rings. The van der Waals surface area contributed by atoms with Crippen LogP contribution in [0.5, 0.6) is 40.2 Å². The summed E-state index contributed by atoms with van der Waals surface area (Å²) in [5, 5.41) is 30.6. The van der Waals surface area contributed by atoms with Crippen LogP contribution < -0.4 is 24.4 Å². The zero-order valence-corrected chi connectivity index (χ0v) is 15.5. The summed E-state index contributed by atoms with van der Waals surface area (Å²) in [5.74, 6) is -1.51. The van der Waals surface area contributed by atoms with Crippen molar-refractivity contribution in [3.63, 3.8) is 0 Å². The van der Waals surface area contributed by atoms with Crippen molar-refractivity contribution in [2.75, 3.05) is 28.4 Å². The van der Waals surface area contributed by atoms with Crippen molar-refractivity contribution >= 4 is 11.0 Å². The van der Waals surface area contributed by atoms with Crippen LogP contribution in [0.2, 0.25) is 0 Å². The minimum absolute atomic E-state index is 0.0535. The first-order valence-corrected chi connectivity index (χ1v) is 7.96. The molecule has 0 unspecified atom stereocenters. The van der Waals surface area contributed by atoms with Crippen molar-refractivity contribution < 1.29 is 38.7 Å². The van der Waals surface area contributed by atoms with Gasteiger partial charge in [0.2, 0.25) is 22.7 Å². The molecule has 28 heavy (non-hydrogen) atoms. The third kappa shape index (κ3) is 2.77. The lowest BCUT2D eigenvalue weighted by Crippen LogP contribution is -2.04. The molecule has 1 heterocycles. The highest BCUT2D eigenvalue weighted by atomic mass is 16.5. The van der Waals surface area contributed by atoms with Crippen LogP contribution in [0, 0.1) is 0 Å². The number of hydrogen-bond acceptors (Lipinski definition) is 9. The van der Waals surface area contributed by atoms with E-state index in [4.69, 9.17) is 23.4 Å². The lowest BCUT2D eigenvalue weighted by Gasteiger charge is -2.14. The van der Waals surface area contributed by atoms with E-state index in [0.29, 0.717) is 0 Å². The maximum absolute atomic E-state index is 12.7. The minimum Gasteiger partial charge on any atom is -0.504 e. The molecule has 0 saturated carbocycles. The average molecular weight is 390 g/mol. The summed E-state index contributed by atoms with van der Waals surface area (Å²) in [6.07, 6.45) is 0. The molecule has 148 valence electrons. The van der Waals surface area contributed by atoms with Crippen LogP contribution in [0.1, 0.15) is 0 Å². The molecular formula is C19H18O9. The highest BCUT2D eigenvalue weighted by Gasteiger charge is 2.24. The molecule has 0 amide bonds. The van der Waals surface area contributed by atoms with Crippen LogP contribution in [0.15, 0.2) is 27.4 Å². The van der Waals surface area contributed by atoms with E-state index in [2.05, 4.69) is 0 Å². The Morgan fingerprint density at radius 3 is 1.96 bits per heavy atom. The molecule has 0 atom stereocenters. The van der Waals surface area contributed by atoms with E-state index in [1.54, 1.807) is 0 Å². The number of fused-ring (bicyclic) bond motifs is 1. The molecule has 2 aromatic carbocycles. The van der Waals surface area contributed by atoms with E-state index in [1.165, 1.54) is 46.6 Å². The Balaban J connectivity index is 2.37. The van der Waals surface area contributed by atoms with Gasteiger partial charge in [-0.1, -0.05) is 0 Å². The van der Waals surface area contributed by atoms with Gasteiger partial charge in [-0.15, -0.1) is 0 Å². The maximum atomic E-state index is 12.7. The van der Waals surface area contributed by atoms with Crippen LogP contribution in [0.4, 0.5) is 0 Å². The van der Waals surface area contributed by atoms with Gasteiger partial charge in [-0.05, 0) is 12.1 Å². The van der Waals surface area contributed by atoms with E-state index < -0.39 is 16.9 Å². The summed E-state index contributed by atoms with van der Waals surface area (Å²) in [5.41, 5.74) is -0.785. The van der Waals surface area contributed by atoms with Gasteiger partial charge in [0.1, 0.15) is 11.0 Å². The average Bonchev–Trinajstić information content (AvgIpc) is 2.69. The lowest BCUT2D eigenvalue weighted by molar-refractivity contribution is 0.333. The van der Waals surface area contributed by atoms with Crippen molar-refractivity contribution in [2.24, 2.45) is 0 Å². The molecule has 0 saturated heterocycles. The topological polar surface area (TPSA) is 128 Å². The van der Waals surface area contributed by atoms with Gasteiger partial charge in [-0.2, -0.15) is 0 Å². The third-order valence-corrected chi connectivity index (χ3v) is 4.20. The Labute approximate surface area is 158 Å². The van der Waals surface area contributed by atoms with Gasteiger partial charge < -0.3 is 38.7 Å². The zero-order chi connectivity index (χ0) is 20.6. The van der Waals surface area contributed by atoms with Gasteiger partial charge in [-0.25, -0.2) is 0 Å². The van der Waals surface area contributed by atoms with E-state index in [1.807, 2.05) is 0 Å². The van der Waals surface area contributed by atoms with Crippen LogP contribution in [0.25, 0.3) is 22.3 Å². The molecule has 0 aliphatic carbocycles.